The van der Waals surface area contributed by atoms with Gasteiger partial charge in [0.05, 0.1) is 34.5 Å². The van der Waals surface area contributed by atoms with E-state index in [4.69, 9.17) is 4.74 Å². The number of nitrogens with one attached hydrogen (secondary N) is 1. The highest BCUT2D eigenvalue weighted by molar-refractivity contribution is 9.10. The highest BCUT2D eigenvalue weighted by Gasteiger charge is 2.13. The van der Waals surface area contributed by atoms with Gasteiger partial charge in [0.2, 0.25) is 5.91 Å². The van der Waals surface area contributed by atoms with Crippen LogP contribution in [0.15, 0.2) is 63.4 Å². The second-order valence-electron chi connectivity index (χ2n) is 7.11. The molecule has 4 aromatic rings. The summed E-state index contributed by atoms with van der Waals surface area (Å²) in [6.07, 6.45) is 0. The molecule has 0 fully saturated rings. The Morgan fingerprint density at radius 3 is 2.74 bits per heavy atom. The number of carbonyl (C=O) groups excluding carboxylic acids is 3. The number of thiazole rings is 2. The molecule has 0 saturated carbocycles. The van der Waals surface area contributed by atoms with Crippen LogP contribution >= 0.6 is 50.4 Å². The minimum atomic E-state index is -0.440. The van der Waals surface area contributed by atoms with Crippen LogP contribution in [0.4, 0.5) is 5.13 Å². The van der Waals surface area contributed by atoms with Crippen LogP contribution in [0, 0.1) is 0 Å². The lowest BCUT2D eigenvalue weighted by Gasteiger charge is -2.03. The molecule has 0 aliphatic carbocycles. The fourth-order valence-electron chi connectivity index (χ4n) is 3.08. The first-order valence-corrected chi connectivity index (χ1v) is 13.9. The number of hydrogen-bond donors (Lipinski definition) is 1. The smallest absolute Gasteiger partial charge is 0.325 e. The lowest BCUT2D eigenvalue weighted by atomic mass is 10.2. The summed E-state index contributed by atoms with van der Waals surface area (Å²) in [4.78, 5) is 45.7. The number of nitrogens with zero attached hydrogens (tertiary/aromatic N) is 3. The monoisotopic (exact) mass is 590 g/mol. The first-order valence-electron chi connectivity index (χ1n) is 10.2. The van der Waals surface area contributed by atoms with E-state index in [9.17, 15) is 14.4 Å². The summed E-state index contributed by atoms with van der Waals surface area (Å²) >= 11 is 7.24. The van der Waals surface area contributed by atoms with E-state index in [1.807, 2.05) is 53.9 Å². The van der Waals surface area contributed by atoms with Crippen LogP contribution in [-0.4, -0.2) is 46.0 Å². The van der Waals surface area contributed by atoms with Crippen molar-refractivity contribution in [3.8, 4) is 11.3 Å². The molecule has 2 heterocycles. The van der Waals surface area contributed by atoms with Crippen LogP contribution in [0.1, 0.15) is 0 Å². The number of anilines is 1. The molecular formula is C23H19BrN4O4S3. The Bertz CT molecular complexity index is 1450. The van der Waals surface area contributed by atoms with Gasteiger partial charge in [0.1, 0.15) is 6.54 Å². The highest BCUT2D eigenvalue weighted by Crippen LogP contribution is 2.25. The fourth-order valence-corrected chi connectivity index (χ4v) is 6.01. The molecule has 35 heavy (non-hydrogen) atoms. The SMILES string of the molecule is COC(=O)Cn1c(=NC(=O)CSCC(=O)Nc2nc(-c3ccccc3)cs2)sc2cc(Br)ccc21. The Kier molecular flexibility index (Phi) is 8.50. The summed E-state index contributed by atoms with van der Waals surface area (Å²) in [5.41, 5.74) is 2.55. The molecule has 0 atom stereocenters. The van der Waals surface area contributed by atoms with Gasteiger partial charge in [0.25, 0.3) is 5.91 Å². The number of esters is 1. The quantitative estimate of drug-likeness (QED) is 0.302. The van der Waals surface area contributed by atoms with Gasteiger partial charge in [-0.05, 0) is 18.2 Å². The van der Waals surface area contributed by atoms with E-state index < -0.39 is 11.9 Å². The van der Waals surface area contributed by atoms with Crippen LogP contribution in [0.2, 0.25) is 0 Å². The van der Waals surface area contributed by atoms with Crippen molar-refractivity contribution >= 4 is 83.5 Å². The van der Waals surface area contributed by atoms with Crippen molar-refractivity contribution in [1.29, 1.82) is 0 Å². The minimum absolute atomic E-state index is 0.0245. The Hall–Kier alpha value is -2.80. The number of carbonyl (C=O) groups is 3. The summed E-state index contributed by atoms with van der Waals surface area (Å²) in [5, 5.41) is 5.15. The van der Waals surface area contributed by atoms with Gasteiger partial charge >= 0.3 is 5.97 Å². The number of halogens is 1. The van der Waals surface area contributed by atoms with Crippen molar-refractivity contribution in [1.82, 2.24) is 9.55 Å². The zero-order valence-corrected chi connectivity index (χ0v) is 22.4. The molecule has 4 rings (SSSR count). The molecule has 0 aliphatic rings. The van der Waals surface area contributed by atoms with Crippen molar-refractivity contribution in [2.75, 3.05) is 23.9 Å². The Morgan fingerprint density at radius 2 is 1.97 bits per heavy atom. The topological polar surface area (TPSA) is 103 Å². The standard InChI is InChI=1S/C23H19BrN4O4S3/c1-32-21(31)10-28-17-8-7-15(24)9-18(17)35-23(28)27-20(30)13-33-12-19(29)26-22-25-16(11-34-22)14-5-3-2-4-6-14/h2-9,11H,10,12-13H2,1H3,(H,25,26,29). The molecule has 0 spiro atoms. The molecule has 1 N–H and O–H groups in total. The molecule has 2 aromatic carbocycles. The summed E-state index contributed by atoms with van der Waals surface area (Å²) < 4.78 is 8.19. The molecule has 8 nitrogen and oxygen atoms in total. The average molecular weight is 592 g/mol. The number of benzene rings is 2. The van der Waals surface area contributed by atoms with E-state index in [1.165, 1.54) is 29.8 Å². The van der Waals surface area contributed by atoms with Gasteiger partial charge in [0, 0.05) is 15.4 Å². The molecular weight excluding hydrogens is 572 g/mol. The summed E-state index contributed by atoms with van der Waals surface area (Å²) in [6, 6.07) is 15.3. The second kappa shape index (κ2) is 11.8. The molecule has 0 bridgehead atoms. The molecule has 2 amide bonds. The lowest BCUT2D eigenvalue weighted by molar-refractivity contribution is -0.141. The first kappa shape index (κ1) is 25.3. The number of ether oxygens (including phenoxy) is 1. The largest absolute Gasteiger partial charge is 0.468 e. The minimum Gasteiger partial charge on any atom is -0.468 e. The Morgan fingerprint density at radius 1 is 1.17 bits per heavy atom. The van der Waals surface area contributed by atoms with Gasteiger partial charge in [-0.1, -0.05) is 57.6 Å². The van der Waals surface area contributed by atoms with Gasteiger partial charge in [-0.2, -0.15) is 4.99 Å². The zero-order valence-electron chi connectivity index (χ0n) is 18.4. The van der Waals surface area contributed by atoms with E-state index in [0.29, 0.717) is 9.93 Å². The average Bonchev–Trinajstić information content (AvgIpc) is 3.44. The third kappa shape index (κ3) is 6.66. The molecule has 0 saturated heterocycles. The van der Waals surface area contributed by atoms with E-state index in [2.05, 4.69) is 31.2 Å². The zero-order chi connectivity index (χ0) is 24.8. The van der Waals surface area contributed by atoms with E-state index in [0.717, 1.165) is 37.7 Å². The van der Waals surface area contributed by atoms with E-state index in [1.54, 1.807) is 4.57 Å². The third-order valence-corrected chi connectivity index (χ3v) is 7.87. The van der Waals surface area contributed by atoms with Crippen molar-refractivity contribution in [3.05, 3.63) is 63.2 Å². The molecule has 2 aromatic heterocycles. The number of fused-ring (bicyclic) bond motifs is 1. The maximum atomic E-state index is 12.5. The summed E-state index contributed by atoms with van der Waals surface area (Å²) in [6.45, 7) is -0.0570. The van der Waals surface area contributed by atoms with Crippen LogP contribution in [-0.2, 0) is 25.7 Å². The van der Waals surface area contributed by atoms with Crippen LogP contribution < -0.4 is 10.1 Å². The first-order chi connectivity index (χ1) is 16.9. The molecule has 0 radical (unpaired) electrons. The Balaban J connectivity index is 1.37. The van der Waals surface area contributed by atoms with Crippen molar-refractivity contribution < 1.29 is 19.1 Å². The predicted molar refractivity (Wildman–Crippen MR) is 144 cm³/mol. The van der Waals surface area contributed by atoms with Gasteiger partial charge in [-0.25, -0.2) is 4.98 Å². The van der Waals surface area contributed by atoms with Crippen molar-refractivity contribution in [2.24, 2.45) is 4.99 Å². The van der Waals surface area contributed by atoms with Gasteiger partial charge < -0.3 is 14.6 Å². The van der Waals surface area contributed by atoms with Gasteiger partial charge in [-0.3, -0.25) is 14.4 Å². The number of aromatic nitrogens is 2. The number of methoxy groups -OCH3 is 1. The predicted octanol–water partition coefficient (Wildman–Crippen LogP) is 4.56. The van der Waals surface area contributed by atoms with Crippen molar-refractivity contribution in [2.45, 2.75) is 6.54 Å². The number of rotatable bonds is 8. The molecule has 0 aliphatic heterocycles. The van der Waals surface area contributed by atoms with Crippen LogP contribution in [0.3, 0.4) is 0 Å². The highest BCUT2D eigenvalue weighted by atomic mass is 79.9. The summed E-state index contributed by atoms with van der Waals surface area (Å²) in [7, 11) is 1.31. The van der Waals surface area contributed by atoms with Gasteiger partial charge in [0.15, 0.2) is 9.93 Å². The fraction of sp³-hybridized carbons (Fsp3) is 0.174. The molecule has 12 heteroatoms. The summed E-state index contributed by atoms with van der Waals surface area (Å²) in [5.74, 6) is -0.971. The van der Waals surface area contributed by atoms with Crippen LogP contribution in [0.5, 0.6) is 0 Å². The normalized spacial score (nSPS) is 11.5. The van der Waals surface area contributed by atoms with Crippen LogP contribution in [0.25, 0.3) is 21.5 Å². The number of thioether (sulfide) groups is 1. The number of amides is 2. The maximum Gasteiger partial charge on any atom is 0.325 e. The maximum absolute atomic E-state index is 12.5. The van der Waals surface area contributed by atoms with Crippen molar-refractivity contribution in [3.63, 3.8) is 0 Å². The second-order valence-corrected chi connectivity index (χ2v) is 10.9. The Labute approximate surface area is 221 Å². The van der Waals surface area contributed by atoms with E-state index >= 15 is 0 Å². The lowest BCUT2D eigenvalue weighted by Crippen LogP contribution is -2.23. The third-order valence-electron chi connectivity index (χ3n) is 4.66. The van der Waals surface area contributed by atoms with Gasteiger partial charge in [-0.15, -0.1) is 23.1 Å². The van der Waals surface area contributed by atoms with E-state index in [-0.39, 0.29) is 24.0 Å². The molecule has 180 valence electrons. The molecule has 0 unspecified atom stereocenters. The number of hydrogen-bond acceptors (Lipinski definition) is 8.